The second-order valence-corrected chi connectivity index (χ2v) is 13.1. The van der Waals surface area contributed by atoms with Crippen molar-refractivity contribution >= 4 is 28.6 Å². The normalized spacial score (nSPS) is 40.4. The highest BCUT2D eigenvalue weighted by atomic mass is 32.2. The number of methoxy groups -OCH3 is 1. The van der Waals surface area contributed by atoms with Gasteiger partial charge in [-0.15, -0.1) is 0 Å². The van der Waals surface area contributed by atoms with E-state index in [2.05, 4.69) is 0 Å². The first-order chi connectivity index (χ1) is 19.8. The van der Waals surface area contributed by atoms with Crippen molar-refractivity contribution in [2.75, 3.05) is 19.9 Å². The molecule has 0 heterocycles. The molecule has 0 amide bonds. The van der Waals surface area contributed by atoms with Crippen molar-refractivity contribution in [3.8, 4) is 5.75 Å². The maximum atomic E-state index is 17.6. The summed E-state index contributed by atoms with van der Waals surface area (Å²) in [6.07, 6.45) is -0.229. The Kier molecular flexibility index (Phi) is 7.94. The minimum atomic E-state index is -2.38. The van der Waals surface area contributed by atoms with E-state index in [0.717, 1.165) is 6.08 Å². The zero-order valence-corrected chi connectivity index (χ0v) is 24.7. The van der Waals surface area contributed by atoms with Gasteiger partial charge in [-0.05, 0) is 73.7 Å². The minimum Gasteiger partial charge on any atom is -0.467 e. The molecule has 0 bridgehead atoms. The molecule has 9 atom stereocenters. The molecular formula is C31H35F3O7S. The number of alkyl halides is 3. The lowest BCUT2D eigenvalue weighted by Crippen LogP contribution is -2.70. The topological polar surface area (TPSA) is 99.1 Å². The fraction of sp³-hybridized carbons (Fsp3) is 0.581. The molecular weight excluding hydrogens is 573 g/mol. The average Bonchev–Trinajstić information content (AvgIpc) is 3.17. The molecule has 0 saturated heterocycles. The SMILES string of the molecule is COCOc1ccccc1C(=O)O[C@]1(C(=O)SCF)[C@H](C)C[C@H]2[C@@H]3C[C@H](F)C4=CC(=O)C=C[C@]4(C)[C@@]3(F)[C@@H](O)C[C@@]21C. The first-order valence-corrected chi connectivity index (χ1v) is 14.9. The van der Waals surface area contributed by atoms with Crippen LogP contribution in [0.4, 0.5) is 13.2 Å². The standard InChI is InChI=1S/C31H35F3O7S/c1-17-11-20-21-13-23(33)22-12-18(35)9-10-28(22,2)30(21,34)25(36)14-29(20,3)31(17,27(38)42-15-32)41-26(37)19-7-5-6-8-24(19)40-16-39-4/h5-10,12,17,20-21,23,25,36H,11,13-16H2,1-4H3/t17-,20+,21+,23+,25+,28+,29+,30+,31+/m1/s1. The van der Waals surface area contributed by atoms with Gasteiger partial charge in [0.25, 0.3) is 0 Å². The Balaban J connectivity index is 1.61. The number of ether oxygens (including phenoxy) is 3. The lowest BCUT2D eigenvalue weighted by Gasteiger charge is -2.63. The highest BCUT2D eigenvalue weighted by molar-refractivity contribution is 8.13. The van der Waals surface area contributed by atoms with Crippen LogP contribution in [-0.2, 0) is 19.1 Å². The van der Waals surface area contributed by atoms with Crippen LogP contribution in [0.25, 0.3) is 0 Å². The number of halogens is 3. The molecule has 42 heavy (non-hydrogen) atoms. The molecule has 0 radical (unpaired) electrons. The number of aliphatic hydroxyl groups is 1. The Hall–Kier alpha value is -2.63. The van der Waals surface area contributed by atoms with Gasteiger partial charge >= 0.3 is 5.97 Å². The number of rotatable bonds is 7. The molecule has 0 spiro atoms. The highest BCUT2D eigenvalue weighted by Crippen LogP contribution is 2.72. The maximum Gasteiger partial charge on any atom is 0.342 e. The Morgan fingerprint density at radius 3 is 2.57 bits per heavy atom. The Bertz CT molecular complexity index is 1350. The van der Waals surface area contributed by atoms with Crippen molar-refractivity contribution in [2.24, 2.45) is 28.6 Å². The van der Waals surface area contributed by atoms with E-state index in [1.165, 1.54) is 38.3 Å². The summed E-state index contributed by atoms with van der Waals surface area (Å²) in [5, 5.41) is 10.9. The quantitative estimate of drug-likeness (QED) is 0.328. The number of hydrogen-bond acceptors (Lipinski definition) is 8. The predicted molar refractivity (Wildman–Crippen MR) is 149 cm³/mol. The number of para-hydroxylation sites is 1. The van der Waals surface area contributed by atoms with Gasteiger partial charge in [-0.2, -0.15) is 0 Å². The molecule has 228 valence electrons. The number of carbonyl (C=O) groups excluding carboxylic acids is 3. The van der Waals surface area contributed by atoms with E-state index in [1.54, 1.807) is 26.0 Å². The van der Waals surface area contributed by atoms with E-state index in [1.807, 2.05) is 0 Å². The van der Waals surface area contributed by atoms with Crippen molar-refractivity contribution in [1.82, 2.24) is 0 Å². The number of hydrogen-bond donors (Lipinski definition) is 1. The maximum absolute atomic E-state index is 17.6. The molecule has 4 aliphatic rings. The summed E-state index contributed by atoms with van der Waals surface area (Å²) in [4.78, 5) is 39.8. The van der Waals surface area contributed by atoms with Crippen LogP contribution in [0.5, 0.6) is 5.75 Å². The van der Waals surface area contributed by atoms with Gasteiger partial charge in [-0.25, -0.2) is 18.0 Å². The number of allylic oxidation sites excluding steroid dienone is 4. The average molecular weight is 609 g/mol. The number of fused-ring (bicyclic) bond motifs is 5. The Morgan fingerprint density at radius 2 is 1.88 bits per heavy atom. The highest BCUT2D eigenvalue weighted by Gasteiger charge is 2.78. The monoisotopic (exact) mass is 608 g/mol. The zero-order valence-electron chi connectivity index (χ0n) is 23.9. The van der Waals surface area contributed by atoms with Crippen LogP contribution in [0.1, 0.15) is 50.4 Å². The van der Waals surface area contributed by atoms with Crippen molar-refractivity contribution < 1.29 is 46.9 Å². The summed E-state index contributed by atoms with van der Waals surface area (Å²) in [6, 6.07) is 5.12. The second kappa shape index (κ2) is 10.8. The third-order valence-electron chi connectivity index (χ3n) is 10.4. The minimum absolute atomic E-state index is 0.00297. The van der Waals surface area contributed by atoms with Crippen LogP contribution >= 0.6 is 11.8 Å². The Morgan fingerprint density at radius 1 is 1.17 bits per heavy atom. The van der Waals surface area contributed by atoms with Crippen LogP contribution in [-0.4, -0.2) is 65.4 Å². The van der Waals surface area contributed by atoms with Gasteiger partial charge in [0, 0.05) is 29.8 Å². The van der Waals surface area contributed by atoms with E-state index < -0.39 is 75.0 Å². The van der Waals surface area contributed by atoms with Crippen LogP contribution in [0.3, 0.4) is 0 Å². The molecule has 1 N–H and O–H groups in total. The number of aliphatic hydroxyl groups excluding tert-OH is 1. The fourth-order valence-electron chi connectivity index (χ4n) is 8.46. The molecule has 3 saturated carbocycles. The van der Waals surface area contributed by atoms with E-state index in [4.69, 9.17) is 14.2 Å². The van der Waals surface area contributed by atoms with Gasteiger partial charge in [-0.1, -0.05) is 32.1 Å². The number of benzene rings is 1. The fourth-order valence-corrected chi connectivity index (χ4v) is 9.25. The van der Waals surface area contributed by atoms with Crippen molar-refractivity contribution in [3.63, 3.8) is 0 Å². The smallest absolute Gasteiger partial charge is 0.342 e. The predicted octanol–water partition coefficient (Wildman–Crippen LogP) is 5.32. The molecule has 1 aromatic rings. The first-order valence-electron chi connectivity index (χ1n) is 14.0. The van der Waals surface area contributed by atoms with Gasteiger partial charge in [0.1, 0.15) is 23.5 Å². The molecule has 4 aliphatic carbocycles. The van der Waals surface area contributed by atoms with E-state index in [9.17, 15) is 23.9 Å². The lowest BCUT2D eigenvalue weighted by atomic mass is 9.44. The molecule has 1 aromatic carbocycles. The third-order valence-corrected chi connectivity index (χ3v) is 11.0. The van der Waals surface area contributed by atoms with E-state index >= 15 is 8.78 Å². The third kappa shape index (κ3) is 4.13. The van der Waals surface area contributed by atoms with Crippen molar-refractivity contribution in [1.29, 1.82) is 0 Å². The van der Waals surface area contributed by atoms with Crippen LogP contribution in [0, 0.1) is 28.6 Å². The molecule has 11 heteroatoms. The first kappa shape index (κ1) is 30.8. The summed E-state index contributed by atoms with van der Waals surface area (Å²) < 4.78 is 63.7. The van der Waals surface area contributed by atoms with Gasteiger partial charge in [0.05, 0.1) is 6.10 Å². The molecule has 5 rings (SSSR count). The van der Waals surface area contributed by atoms with Crippen LogP contribution in [0.2, 0.25) is 0 Å². The summed E-state index contributed by atoms with van der Waals surface area (Å²) in [6.45, 7) is 4.64. The molecule has 7 nitrogen and oxygen atoms in total. The van der Waals surface area contributed by atoms with E-state index in [-0.39, 0.29) is 42.9 Å². The molecule has 0 unspecified atom stereocenters. The van der Waals surface area contributed by atoms with Crippen LogP contribution in [0.15, 0.2) is 48.1 Å². The molecule has 0 aliphatic heterocycles. The zero-order chi connectivity index (χ0) is 30.7. The van der Waals surface area contributed by atoms with Crippen LogP contribution < -0.4 is 4.74 Å². The molecule has 0 aromatic heterocycles. The number of thioether (sulfide) groups is 1. The van der Waals surface area contributed by atoms with Gasteiger partial charge < -0.3 is 19.3 Å². The van der Waals surface area contributed by atoms with Crippen molar-refractivity contribution in [2.45, 2.75) is 63.6 Å². The lowest BCUT2D eigenvalue weighted by molar-refractivity contribution is -0.221. The number of esters is 1. The van der Waals surface area contributed by atoms with Gasteiger partial charge in [0.2, 0.25) is 5.12 Å². The summed E-state index contributed by atoms with van der Waals surface area (Å²) in [7, 11) is 1.41. The largest absolute Gasteiger partial charge is 0.467 e. The summed E-state index contributed by atoms with van der Waals surface area (Å²) in [5.74, 6) is -3.76. The number of ketones is 1. The van der Waals surface area contributed by atoms with E-state index in [0.29, 0.717) is 11.8 Å². The number of carbonyl (C=O) groups is 3. The molecule has 3 fully saturated rings. The summed E-state index contributed by atoms with van der Waals surface area (Å²) in [5.41, 5.74) is -7.34. The van der Waals surface area contributed by atoms with Crippen molar-refractivity contribution in [3.05, 3.63) is 53.6 Å². The second-order valence-electron chi connectivity index (χ2n) is 12.2. The van der Waals surface area contributed by atoms with Gasteiger partial charge in [0.15, 0.2) is 23.8 Å². The van der Waals surface area contributed by atoms with Gasteiger partial charge in [-0.3, -0.25) is 9.59 Å². The Labute approximate surface area is 246 Å². The summed E-state index contributed by atoms with van der Waals surface area (Å²) >= 11 is 0.347.